The van der Waals surface area contributed by atoms with Crippen molar-refractivity contribution in [2.45, 2.75) is 20.8 Å². The van der Waals surface area contributed by atoms with Crippen molar-refractivity contribution in [3.63, 3.8) is 0 Å². The molecule has 5 rings (SSSR count). The van der Waals surface area contributed by atoms with Gasteiger partial charge in [0.15, 0.2) is 5.65 Å². The van der Waals surface area contributed by atoms with Crippen molar-refractivity contribution in [3.8, 4) is 22.1 Å². The van der Waals surface area contributed by atoms with Crippen LogP contribution in [-0.4, -0.2) is 25.4 Å². The SMILES string of the molecule is Cc1cc(C)c(C)c(Oc2cc(NC(=O)c3cnn4c(-c5cccs5)ccnc34)cc([N+](=O)[O-])c2)c1. The number of nitro groups is 1. The maximum Gasteiger partial charge on any atom is 0.275 e. The van der Waals surface area contributed by atoms with Gasteiger partial charge in [-0.2, -0.15) is 5.10 Å². The Balaban J connectivity index is 1.48. The van der Waals surface area contributed by atoms with Crippen LogP contribution in [0.1, 0.15) is 27.0 Å². The quantitative estimate of drug-likeness (QED) is 0.216. The summed E-state index contributed by atoms with van der Waals surface area (Å²) in [4.78, 5) is 29.5. The third-order valence-electron chi connectivity index (χ3n) is 5.77. The van der Waals surface area contributed by atoms with Gasteiger partial charge in [0.1, 0.15) is 17.1 Å². The molecule has 3 heterocycles. The van der Waals surface area contributed by atoms with E-state index in [1.807, 2.05) is 56.5 Å². The van der Waals surface area contributed by atoms with Crippen molar-refractivity contribution in [2.24, 2.45) is 0 Å². The molecule has 0 aliphatic carbocycles. The summed E-state index contributed by atoms with van der Waals surface area (Å²) in [6.45, 7) is 5.85. The van der Waals surface area contributed by atoms with Gasteiger partial charge < -0.3 is 10.1 Å². The third-order valence-corrected chi connectivity index (χ3v) is 6.66. The molecular formula is C26H21N5O4S. The minimum Gasteiger partial charge on any atom is -0.457 e. The van der Waals surface area contributed by atoms with E-state index >= 15 is 0 Å². The molecule has 0 radical (unpaired) electrons. The number of nitrogens with zero attached hydrogens (tertiary/aromatic N) is 4. The van der Waals surface area contributed by atoms with Crippen LogP contribution in [0, 0.1) is 30.9 Å². The highest BCUT2D eigenvalue weighted by Gasteiger charge is 2.19. The number of nitro benzene ring substituents is 1. The lowest BCUT2D eigenvalue weighted by Crippen LogP contribution is -2.12. The van der Waals surface area contributed by atoms with Crippen LogP contribution in [0.25, 0.3) is 16.2 Å². The van der Waals surface area contributed by atoms with E-state index < -0.39 is 10.8 Å². The van der Waals surface area contributed by atoms with Crippen molar-refractivity contribution < 1.29 is 14.5 Å². The maximum absolute atomic E-state index is 13.2. The molecule has 0 saturated carbocycles. The molecule has 0 saturated heterocycles. The minimum atomic E-state index is -0.527. The van der Waals surface area contributed by atoms with E-state index in [0.717, 1.165) is 27.3 Å². The number of carbonyl (C=O) groups excluding carboxylic acids is 1. The highest BCUT2D eigenvalue weighted by molar-refractivity contribution is 7.13. The number of thiophene rings is 1. The van der Waals surface area contributed by atoms with Crippen molar-refractivity contribution in [2.75, 3.05) is 5.32 Å². The Morgan fingerprint density at radius 2 is 1.97 bits per heavy atom. The van der Waals surface area contributed by atoms with Crippen LogP contribution in [0.4, 0.5) is 11.4 Å². The number of hydrogen-bond donors (Lipinski definition) is 1. The number of aromatic nitrogens is 3. The Bertz CT molecular complexity index is 1630. The van der Waals surface area contributed by atoms with E-state index in [4.69, 9.17) is 4.74 Å². The van der Waals surface area contributed by atoms with Crippen LogP contribution in [-0.2, 0) is 0 Å². The standard InChI is InChI=1S/C26H21N5O4S/c1-15-9-16(2)17(3)23(10-15)35-20-12-18(11-19(13-20)31(33)34)29-26(32)21-14-28-30-22(6-7-27-25(21)30)24-5-4-8-36-24/h4-14H,1-3H3,(H,29,32). The fourth-order valence-corrected chi connectivity index (χ4v) is 4.65. The number of fused-ring (bicyclic) bond motifs is 1. The van der Waals surface area contributed by atoms with E-state index in [9.17, 15) is 14.9 Å². The molecule has 1 N–H and O–H groups in total. The molecule has 3 aromatic heterocycles. The Kier molecular flexibility index (Phi) is 5.95. The largest absolute Gasteiger partial charge is 0.457 e. The lowest BCUT2D eigenvalue weighted by atomic mass is 10.1. The molecule has 36 heavy (non-hydrogen) atoms. The van der Waals surface area contributed by atoms with E-state index in [1.165, 1.54) is 18.3 Å². The van der Waals surface area contributed by atoms with Crippen molar-refractivity contribution in [3.05, 3.63) is 98.7 Å². The second-order valence-electron chi connectivity index (χ2n) is 8.33. The van der Waals surface area contributed by atoms with E-state index in [-0.39, 0.29) is 22.7 Å². The van der Waals surface area contributed by atoms with Crippen LogP contribution in [0.15, 0.2) is 66.3 Å². The van der Waals surface area contributed by atoms with E-state index in [2.05, 4.69) is 15.4 Å². The zero-order valence-electron chi connectivity index (χ0n) is 19.7. The van der Waals surface area contributed by atoms with Gasteiger partial charge in [0.25, 0.3) is 11.6 Å². The van der Waals surface area contributed by atoms with Crippen LogP contribution in [0.5, 0.6) is 11.5 Å². The highest BCUT2D eigenvalue weighted by Crippen LogP contribution is 2.33. The van der Waals surface area contributed by atoms with Crippen LogP contribution < -0.4 is 10.1 Å². The van der Waals surface area contributed by atoms with Crippen molar-refractivity contribution in [1.29, 1.82) is 0 Å². The zero-order valence-corrected chi connectivity index (χ0v) is 20.5. The van der Waals surface area contributed by atoms with Gasteiger partial charge in [0.05, 0.1) is 33.4 Å². The van der Waals surface area contributed by atoms with Crippen molar-refractivity contribution >= 4 is 34.3 Å². The predicted molar refractivity (Wildman–Crippen MR) is 138 cm³/mol. The maximum atomic E-state index is 13.2. The topological polar surface area (TPSA) is 112 Å². The molecule has 0 atom stereocenters. The molecule has 0 spiro atoms. The molecule has 180 valence electrons. The monoisotopic (exact) mass is 499 g/mol. The van der Waals surface area contributed by atoms with Gasteiger partial charge in [0, 0.05) is 18.3 Å². The van der Waals surface area contributed by atoms with Crippen LogP contribution in [0.3, 0.4) is 0 Å². The lowest BCUT2D eigenvalue weighted by Gasteiger charge is -2.13. The molecule has 10 heteroatoms. The van der Waals surface area contributed by atoms with Crippen LogP contribution in [0.2, 0.25) is 0 Å². The molecule has 1 amide bonds. The number of non-ortho nitro benzene ring substituents is 1. The molecule has 0 fully saturated rings. The summed E-state index contributed by atoms with van der Waals surface area (Å²) in [6.07, 6.45) is 3.05. The number of rotatable bonds is 6. The molecular weight excluding hydrogens is 478 g/mol. The lowest BCUT2D eigenvalue weighted by molar-refractivity contribution is -0.384. The first kappa shape index (κ1) is 23.2. The first-order chi connectivity index (χ1) is 17.3. The molecule has 0 bridgehead atoms. The van der Waals surface area contributed by atoms with Gasteiger partial charge >= 0.3 is 0 Å². The van der Waals surface area contributed by atoms with E-state index in [0.29, 0.717) is 11.4 Å². The average Bonchev–Trinajstić information content (AvgIpc) is 3.52. The van der Waals surface area contributed by atoms with E-state index in [1.54, 1.807) is 28.1 Å². The van der Waals surface area contributed by atoms with Crippen LogP contribution >= 0.6 is 11.3 Å². The summed E-state index contributed by atoms with van der Waals surface area (Å²) < 4.78 is 7.62. The number of aryl methyl sites for hydroxylation is 2. The number of benzene rings is 2. The number of ether oxygens (including phenoxy) is 1. The van der Waals surface area contributed by atoms with Gasteiger partial charge in [0.2, 0.25) is 0 Å². The molecule has 2 aromatic carbocycles. The summed E-state index contributed by atoms with van der Waals surface area (Å²) in [7, 11) is 0. The molecule has 0 aliphatic heterocycles. The van der Waals surface area contributed by atoms with Gasteiger partial charge in [-0.05, 0) is 61.0 Å². The summed E-state index contributed by atoms with van der Waals surface area (Å²) >= 11 is 1.55. The number of hydrogen-bond acceptors (Lipinski definition) is 7. The second kappa shape index (κ2) is 9.23. The van der Waals surface area contributed by atoms with Gasteiger partial charge in [-0.3, -0.25) is 14.9 Å². The Hall–Kier alpha value is -4.57. The number of anilines is 1. The van der Waals surface area contributed by atoms with Crippen molar-refractivity contribution in [1.82, 2.24) is 14.6 Å². The van der Waals surface area contributed by atoms with Gasteiger partial charge in [-0.1, -0.05) is 12.1 Å². The Labute approximate surface area is 210 Å². The Morgan fingerprint density at radius 3 is 2.72 bits per heavy atom. The Morgan fingerprint density at radius 1 is 1.14 bits per heavy atom. The second-order valence-corrected chi connectivity index (χ2v) is 9.28. The summed E-state index contributed by atoms with van der Waals surface area (Å²) in [6, 6.07) is 13.8. The average molecular weight is 500 g/mol. The minimum absolute atomic E-state index is 0.206. The molecule has 5 aromatic rings. The van der Waals surface area contributed by atoms with Gasteiger partial charge in [-0.15, -0.1) is 11.3 Å². The van der Waals surface area contributed by atoms with Gasteiger partial charge in [-0.25, -0.2) is 9.50 Å². The first-order valence-corrected chi connectivity index (χ1v) is 11.9. The first-order valence-electron chi connectivity index (χ1n) is 11.0. The number of amides is 1. The summed E-state index contributed by atoms with van der Waals surface area (Å²) in [5.74, 6) is 0.346. The molecule has 9 nitrogen and oxygen atoms in total. The highest BCUT2D eigenvalue weighted by atomic mass is 32.1. The number of carbonyl (C=O) groups is 1. The third kappa shape index (κ3) is 4.41. The fraction of sp³-hybridized carbons (Fsp3) is 0.115. The normalized spacial score (nSPS) is 11.0. The number of nitrogens with one attached hydrogen (secondary N) is 1. The smallest absolute Gasteiger partial charge is 0.275 e. The summed E-state index contributed by atoms with van der Waals surface area (Å²) in [5.41, 5.74) is 4.43. The molecule has 0 unspecified atom stereocenters. The predicted octanol–water partition coefficient (Wildman–Crippen LogP) is 6.34. The summed E-state index contributed by atoms with van der Waals surface area (Å²) in [5, 5.41) is 20.6. The zero-order chi connectivity index (χ0) is 25.4. The molecule has 0 aliphatic rings. The fourth-order valence-electron chi connectivity index (χ4n) is 3.91.